The number of nitro groups is 1. The van der Waals surface area contributed by atoms with E-state index < -0.39 is 11.0 Å². The van der Waals surface area contributed by atoms with Gasteiger partial charge in [0.15, 0.2) is 0 Å². The molecule has 1 aromatic carbocycles. The van der Waals surface area contributed by atoms with Crippen molar-refractivity contribution in [2.24, 2.45) is 0 Å². The summed E-state index contributed by atoms with van der Waals surface area (Å²) in [4.78, 5) is 9.96. The van der Waals surface area contributed by atoms with Crippen molar-refractivity contribution in [1.29, 1.82) is 0 Å². The molecule has 1 aromatic rings. The zero-order valence-corrected chi connectivity index (χ0v) is 9.39. The summed E-state index contributed by atoms with van der Waals surface area (Å²) in [6, 6.07) is 6.30. The molecule has 0 spiro atoms. The van der Waals surface area contributed by atoms with E-state index in [1.165, 1.54) is 23.9 Å². The van der Waals surface area contributed by atoms with Crippen molar-refractivity contribution in [3.05, 3.63) is 39.9 Å². The van der Waals surface area contributed by atoms with E-state index in [9.17, 15) is 10.1 Å². The molecule has 0 unspecified atom stereocenters. The van der Waals surface area contributed by atoms with Crippen LogP contribution in [0.3, 0.4) is 0 Å². The van der Waals surface area contributed by atoms with Crippen molar-refractivity contribution in [1.82, 2.24) is 0 Å². The Hall–Kier alpha value is -1.11. The van der Waals surface area contributed by atoms with Gasteiger partial charge in [-0.05, 0) is 5.56 Å². The lowest BCUT2D eigenvalue weighted by atomic mass is 10.2. The normalized spacial score (nSPS) is 12.4. The second-order valence-corrected chi connectivity index (χ2v) is 4.31. The van der Waals surface area contributed by atoms with Crippen LogP contribution in [0.5, 0.6) is 0 Å². The molecule has 16 heavy (non-hydrogen) atoms. The Kier molecular flexibility index (Phi) is 5.24. The Labute approximate surface area is 97.3 Å². The molecule has 0 saturated carbocycles. The Bertz CT molecular complexity index is 341. The fraction of sp³-hybridized carbons (Fsp3) is 0.400. The molecule has 0 aliphatic carbocycles. The topological polar surface area (TPSA) is 83.6 Å². The van der Waals surface area contributed by atoms with Crippen LogP contribution >= 0.6 is 11.8 Å². The molecule has 6 heteroatoms. The SMILES string of the molecule is O=[N+]([O-])c1ccc(CSC[C@H](O)CO)cc1. The lowest BCUT2D eigenvalue weighted by molar-refractivity contribution is -0.384. The summed E-state index contributed by atoms with van der Waals surface area (Å²) in [5.74, 6) is 1.11. The third-order valence-electron chi connectivity index (χ3n) is 1.94. The number of nitro benzene ring substituents is 1. The fourth-order valence-electron chi connectivity index (χ4n) is 1.08. The number of hydrogen-bond donors (Lipinski definition) is 2. The average molecular weight is 243 g/mol. The van der Waals surface area contributed by atoms with Gasteiger partial charge in [-0.15, -0.1) is 0 Å². The minimum absolute atomic E-state index is 0.0733. The van der Waals surface area contributed by atoms with Crippen molar-refractivity contribution >= 4 is 17.4 Å². The van der Waals surface area contributed by atoms with E-state index in [1.54, 1.807) is 12.1 Å². The molecule has 0 fully saturated rings. The number of non-ortho nitro benzene ring substituents is 1. The number of hydrogen-bond acceptors (Lipinski definition) is 5. The number of aliphatic hydroxyl groups is 2. The van der Waals surface area contributed by atoms with Crippen LogP contribution in [-0.4, -0.2) is 33.6 Å². The highest BCUT2D eigenvalue weighted by molar-refractivity contribution is 7.98. The van der Waals surface area contributed by atoms with E-state index in [0.29, 0.717) is 11.5 Å². The maximum Gasteiger partial charge on any atom is 0.269 e. The average Bonchev–Trinajstić information content (AvgIpc) is 2.29. The van der Waals surface area contributed by atoms with Crippen LogP contribution in [-0.2, 0) is 5.75 Å². The standard InChI is InChI=1S/C10H13NO4S/c12-5-10(13)7-16-6-8-1-3-9(4-2-8)11(14)15/h1-4,10,12-13H,5-7H2/t10-/m1/s1. The molecule has 5 nitrogen and oxygen atoms in total. The quantitative estimate of drug-likeness (QED) is 0.579. The largest absolute Gasteiger partial charge is 0.394 e. The molecule has 0 aliphatic rings. The Morgan fingerprint density at radius 2 is 2.00 bits per heavy atom. The summed E-state index contributed by atoms with van der Waals surface area (Å²) < 4.78 is 0. The second kappa shape index (κ2) is 6.47. The first-order valence-electron chi connectivity index (χ1n) is 4.73. The van der Waals surface area contributed by atoms with Gasteiger partial charge in [0.25, 0.3) is 5.69 Å². The number of benzene rings is 1. The highest BCUT2D eigenvalue weighted by Gasteiger charge is 2.05. The molecule has 0 bridgehead atoms. The highest BCUT2D eigenvalue weighted by atomic mass is 32.2. The molecule has 0 radical (unpaired) electrons. The summed E-state index contributed by atoms with van der Waals surface area (Å²) in [5.41, 5.74) is 1.03. The van der Waals surface area contributed by atoms with Gasteiger partial charge in [0.2, 0.25) is 0 Å². The second-order valence-electron chi connectivity index (χ2n) is 3.28. The number of rotatable bonds is 6. The lowest BCUT2D eigenvalue weighted by Crippen LogP contribution is -2.14. The Morgan fingerprint density at radius 1 is 1.38 bits per heavy atom. The molecule has 2 N–H and O–H groups in total. The number of aliphatic hydroxyl groups excluding tert-OH is 2. The maximum atomic E-state index is 10.4. The van der Waals surface area contributed by atoms with Crippen molar-refractivity contribution in [3.8, 4) is 0 Å². The van der Waals surface area contributed by atoms with Crippen LogP contribution in [0, 0.1) is 10.1 Å². The first-order valence-corrected chi connectivity index (χ1v) is 5.89. The van der Waals surface area contributed by atoms with Crippen LogP contribution in [0.25, 0.3) is 0 Å². The van der Waals surface area contributed by atoms with E-state index in [4.69, 9.17) is 10.2 Å². The summed E-state index contributed by atoms with van der Waals surface area (Å²) in [7, 11) is 0. The van der Waals surface area contributed by atoms with E-state index in [2.05, 4.69) is 0 Å². The van der Waals surface area contributed by atoms with Crippen molar-refractivity contribution in [3.63, 3.8) is 0 Å². The van der Waals surface area contributed by atoms with Crippen molar-refractivity contribution in [2.45, 2.75) is 11.9 Å². The summed E-state index contributed by atoms with van der Waals surface area (Å²) in [6.45, 7) is -0.243. The van der Waals surface area contributed by atoms with Crippen molar-refractivity contribution < 1.29 is 15.1 Å². The molecular formula is C10H13NO4S. The maximum absolute atomic E-state index is 10.4. The van der Waals surface area contributed by atoms with E-state index in [1.807, 2.05) is 0 Å². The van der Waals surface area contributed by atoms with Gasteiger partial charge < -0.3 is 10.2 Å². The molecule has 0 amide bonds. The molecule has 1 atom stereocenters. The van der Waals surface area contributed by atoms with Crippen LogP contribution in [0.15, 0.2) is 24.3 Å². The molecular weight excluding hydrogens is 230 g/mol. The monoisotopic (exact) mass is 243 g/mol. The first-order chi connectivity index (χ1) is 7.63. The molecule has 0 aliphatic heterocycles. The highest BCUT2D eigenvalue weighted by Crippen LogP contribution is 2.17. The third kappa shape index (κ3) is 4.18. The summed E-state index contributed by atoms with van der Waals surface area (Å²) in [6.07, 6.45) is -0.706. The first kappa shape index (κ1) is 13.0. The number of thioether (sulfide) groups is 1. The Morgan fingerprint density at radius 3 is 2.50 bits per heavy atom. The molecule has 0 aromatic heterocycles. The lowest BCUT2D eigenvalue weighted by Gasteiger charge is -2.06. The van der Waals surface area contributed by atoms with Crippen LogP contribution in [0.4, 0.5) is 5.69 Å². The van der Waals surface area contributed by atoms with Gasteiger partial charge in [0.05, 0.1) is 17.6 Å². The van der Waals surface area contributed by atoms with E-state index >= 15 is 0 Å². The van der Waals surface area contributed by atoms with Gasteiger partial charge in [-0.25, -0.2) is 0 Å². The van der Waals surface area contributed by atoms with Gasteiger partial charge in [-0.1, -0.05) is 12.1 Å². The van der Waals surface area contributed by atoms with Gasteiger partial charge in [0, 0.05) is 23.6 Å². The van der Waals surface area contributed by atoms with E-state index in [-0.39, 0.29) is 12.3 Å². The predicted molar refractivity (Wildman–Crippen MR) is 62.4 cm³/mol. The van der Waals surface area contributed by atoms with E-state index in [0.717, 1.165) is 5.56 Å². The molecule has 0 saturated heterocycles. The molecule has 1 rings (SSSR count). The predicted octanol–water partition coefficient (Wildman–Crippen LogP) is 1.18. The summed E-state index contributed by atoms with van der Waals surface area (Å²) >= 11 is 1.47. The van der Waals surface area contributed by atoms with Crippen LogP contribution in [0.1, 0.15) is 5.56 Å². The minimum atomic E-state index is -0.706. The zero-order chi connectivity index (χ0) is 12.0. The smallest absolute Gasteiger partial charge is 0.269 e. The van der Waals surface area contributed by atoms with Crippen molar-refractivity contribution in [2.75, 3.05) is 12.4 Å². The molecule has 0 heterocycles. The summed E-state index contributed by atoms with van der Waals surface area (Å²) in [5, 5.41) is 28.1. The Balaban J connectivity index is 2.40. The van der Waals surface area contributed by atoms with Gasteiger partial charge >= 0.3 is 0 Å². The van der Waals surface area contributed by atoms with Gasteiger partial charge in [-0.3, -0.25) is 10.1 Å². The zero-order valence-electron chi connectivity index (χ0n) is 8.57. The van der Waals surface area contributed by atoms with Crippen LogP contribution < -0.4 is 0 Å². The number of nitrogens with zero attached hydrogens (tertiary/aromatic N) is 1. The third-order valence-corrected chi connectivity index (χ3v) is 3.09. The van der Waals surface area contributed by atoms with Crippen LogP contribution in [0.2, 0.25) is 0 Å². The molecule has 88 valence electrons. The fourth-order valence-corrected chi connectivity index (χ4v) is 2.00. The van der Waals surface area contributed by atoms with Gasteiger partial charge in [-0.2, -0.15) is 11.8 Å². The minimum Gasteiger partial charge on any atom is -0.394 e. The van der Waals surface area contributed by atoms with Gasteiger partial charge in [0.1, 0.15) is 0 Å².